The summed E-state index contributed by atoms with van der Waals surface area (Å²) in [5.74, 6) is 1.86. The summed E-state index contributed by atoms with van der Waals surface area (Å²) in [6, 6.07) is 13.5. The van der Waals surface area contributed by atoms with E-state index < -0.39 is 0 Å². The molecule has 2 heterocycles. The van der Waals surface area contributed by atoms with E-state index in [2.05, 4.69) is 29.3 Å². The molecule has 1 aliphatic rings. The summed E-state index contributed by atoms with van der Waals surface area (Å²) < 4.78 is 17.8. The van der Waals surface area contributed by atoms with Crippen LogP contribution in [0.1, 0.15) is 5.56 Å². The Kier molecular flexibility index (Phi) is 6.61. The van der Waals surface area contributed by atoms with Crippen LogP contribution in [-0.4, -0.2) is 56.2 Å². The van der Waals surface area contributed by atoms with Gasteiger partial charge in [-0.05, 0) is 30.2 Å². The molecule has 1 aromatic heterocycles. The van der Waals surface area contributed by atoms with Crippen LogP contribution in [0.4, 0.5) is 11.5 Å². The molecule has 1 amide bonds. The summed E-state index contributed by atoms with van der Waals surface area (Å²) in [4.78, 5) is 15.0. The number of aryl methyl sites for hydroxylation is 1. The number of benzene rings is 2. The maximum atomic E-state index is 12.8. The molecule has 1 fully saturated rings. The third-order valence-corrected chi connectivity index (χ3v) is 5.46. The van der Waals surface area contributed by atoms with Gasteiger partial charge in [-0.3, -0.25) is 9.48 Å². The van der Waals surface area contributed by atoms with Crippen molar-refractivity contribution in [1.29, 1.82) is 0 Å². The predicted molar refractivity (Wildman–Crippen MR) is 124 cm³/mol. The highest BCUT2D eigenvalue weighted by Crippen LogP contribution is 2.33. The molecule has 0 atom stereocenters. The van der Waals surface area contributed by atoms with Crippen LogP contribution in [0.3, 0.4) is 0 Å². The molecule has 168 valence electrons. The van der Waals surface area contributed by atoms with E-state index in [1.165, 1.54) is 0 Å². The van der Waals surface area contributed by atoms with Crippen LogP contribution in [0.25, 0.3) is 11.1 Å². The summed E-state index contributed by atoms with van der Waals surface area (Å²) in [6.07, 6.45) is 1.95. The first-order valence-electron chi connectivity index (χ1n) is 10.6. The lowest BCUT2D eigenvalue weighted by Gasteiger charge is -2.27. The van der Waals surface area contributed by atoms with Gasteiger partial charge in [0.05, 0.1) is 27.4 Å². The van der Waals surface area contributed by atoms with Gasteiger partial charge in [0.1, 0.15) is 6.54 Å². The van der Waals surface area contributed by atoms with Crippen molar-refractivity contribution in [2.75, 3.05) is 50.7 Å². The Morgan fingerprint density at radius 1 is 1.06 bits per heavy atom. The first kappa shape index (κ1) is 21.7. The highest BCUT2D eigenvalue weighted by Gasteiger charge is 2.21. The Morgan fingerprint density at radius 3 is 2.53 bits per heavy atom. The second-order valence-corrected chi connectivity index (χ2v) is 7.60. The lowest BCUT2D eigenvalue weighted by atomic mass is 10.0. The molecule has 0 unspecified atom stereocenters. The smallest absolute Gasteiger partial charge is 0.246 e. The minimum Gasteiger partial charge on any atom is -0.493 e. The number of nitrogens with one attached hydrogen (secondary N) is 1. The number of nitrogens with zero attached hydrogens (tertiary/aromatic N) is 3. The molecule has 0 aliphatic carbocycles. The average molecular weight is 437 g/mol. The molecule has 3 aromatic rings. The topological polar surface area (TPSA) is 77.9 Å². The molecule has 8 nitrogen and oxygen atoms in total. The molecule has 0 spiro atoms. The van der Waals surface area contributed by atoms with Gasteiger partial charge in [0.25, 0.3) is 0 Å². The molecule has 0 radical (unpaired) electrons. The Balaban J connectivity index is 1.57. The van der Waals surface area contributed by atoms with Gasteiger partial charge in [0.2, 0.25) is 5.91 Å². The summed E-state index contributed by atoms with van der Waals surface area (Å²) >= 11 is 0. The van der Waals surface area contributed by atoms with Gasteiger partial charge in [-0.25, -0.2) is 0 Å². The van der Waals surface area contributed by atoms with E-state index in [0.717, 1.165) is 35.6 Å². The number of carbonyl (C=O) groups excluding carboxylic acids is 1. The number of ether oxygens (including phenoxy) is 3. The van der Waals surface area contributed by atoms with Gasteiger partial charge in [-0.15, -0.1) is 0 Å². The Labute approximate surface area is 187 Å². The van der Waals surface area contributed by atoms with Crippen molar-refractivity contribution < 1.29 is 19.0 Å². The number of methoxy groups -OCH3 is 2. The quantitative estimate of drug-likeness (QED) is 0.612. The molecule has 0 bridgehead atoms. The van der Waals surface area contributed by atoms with E-state index in [1.54, 1.807) is 37.1 Å². The molecular formula is C24H28N4O4. The van der Waals surface area contributed by atoms with Crippen LogP contribution in [0.5, 0.6) is 11.5 Å². The number of hydrogen-bond acceptors (Lipinski definition) is 6. The monoisotopic (exact) mass is 436 g/mol. The summed E-state index contributed by atoms with van der Waals surface area (Å²) in [5.41, 5.74) is 3.92. The number of morpholine rings is 1. The second-order valence-electron chi connectivity index (χ2n) is 7.60. The maximum Gasteiger partial charge on any atom is 0.246 e. The van der Waals surface area contributed by atoms with Crippen molar-refractivity contribution in [3.63, 3.8) is 0 Å². The molecule has 1 saturated heterocycles. The van der Waals surface area contributed by atoms with Gasteiger partial charge < -0.3 is 24.4 Å². The summed E-state index contributed by atoms with van der Waals surface area (Å²) in [7, 11) is 3.14. The fourth-order valence-corrected chi connectivity index (χ4v) is 3.83. The van der Waals surface area contributed by atoms with Crippen LogP contribution in [0.15, 0.2) is 48.7 Å². The molecule has 8 heteroatoms. The first-order chi connectivity index (χ1) is 15.6. The number of aromatic nitrogens is 2. The molecule has 1 aliphatic heterocycles. The van der Waals surface area contributed by atoms with Crippen LogP contribution in [0.2, 0.25) is 0 Å². The zero-order valence-corrected chi connectivity index (χ0v) is 18.6. The van der Waals surface area contributed by atoms with E-state index in [-0.39, 0.29) is 12.5 Å². The van der Waals surface area contributed by atoms with E-state index in [9.17, 15) is 4.79 Å². The lowest BCUT2D eigenvalue weighted by molar-refractivity contribution is -0.116. The van der Waals surface area contributed by atoms with E-state index in [0.29, 0.717) is 30.4 Å². The number of carbonyl (C=O) groups is 1. The number of amides is 1. The third-order valence-electron chi connectivity index (χ3n) is 5.46. The van der Waals surface area contributed by atoms with Crippen molar-refractivity contribution in [3.05, 3.63) is 54.2 Å². The fourth-order valence-electron chi connectivity index (χ4n) is 3.83. The summed E-state index contributed by atoms with van der Waals surface area (Å²) in [6.45, 7) is 5.05. The van der Waals surface area contributed by atoms with Crippen LogP contribution in [-0.2, 0) is 16.1 Å². The average Bonchev–Trinajstić information content (AvgIpc) is 3.23. The van der Waals surface area contributed by atoms with Crippen LogP contribution in [0, 0.1) is 6.92 Å². The standard InChI is InChI=1S/C24H28N4O4/c1-17-6-4-5-7-19(17)20-15-28(26-24(20)27-10-12-32-13-11-27)16-23(29)25-18-8-9-21(30-2)22(14-18)31-3/h4-9,14-15H,10-13,16H2,1-3H3,(H,25,29). The van der Waals surface area contributed by atoms with Crippen LogP contribution < -0.4 is 19.7 Å². The van der Waals surface area contributed by atoms with Crippen LogP contribution >= 0.6 is 0 Å². The van der Waals surface area contributed by atoms with Gasteiger partial charge in [0.15, 0.2) is 17.3 Å². The molecule has 0 saturated carbocycles. The van der Waals surface area contributed by atoms with Gasteiger partial charge in [0, 0.05) is 36.6 Å². The zero-order valence-electron chi connectivity index (χ0n) is 18.6. The van der Waals surface area contributed by atoms with Crippen molar-refractivity contribution in [3.8, 4) is 22.6 Å². The Morgan fingerprint density at radius 2 is 1.81 bits per heavy atom. The molecule has 1 N–H and O–H groups in total. The molecule has 32 heavy (non-hydrogen) atoms. The highest BCUT2D eigenvalue weighted by atomic mass is 16.5. The normalized spacial score (nSPS) is 13.7. The molecule has 2 aromatic carbocycles. The van der Waals surface area contributed by atoms with Crippen molar-refractivity contribution in [2.24, 2.45) is 0 Å². The fraction of sp³-hybridized carbons (Fsp3) is 0.333. The maximum absolute atomic E-state index is 12.8. The Bertz CT molecular complexity index is 1090. The number of rotatable bonds is 7. The van der Waals surface area contributed by atoms with E-state index in [1.807, 2.05) is 18.3 Å². The van der Waals surface area contributed by atoms with Crippen molar-refractivity contribution >= 4 is 17.4 Å². The Hall–Kier alpha value is -3.52. The number of anilines is 2. The van der Waals surface area contributed by atoms with E-state index in [4.69, 9.17) is 19.3 Å². The minimum absolute atomic E-state index is 0.0948. The molecular weight excluding hydrogens is 408 g/mol. The van der Waals surface area contributed by atoms with Crippen molar-refractivity contribution in [2.45, 2.75) is 13.5 Å². The number of hydrogen-bond donors (Lipinski definition) is 1. The van der Waals surface area contributed by atoms with Gasteiger partial charge >= 0.3 is 0 Å². The van der Waals surface area contributed by atoms with Gasteiger partial charge in [-0.2, -0.15) is 5.10 Å². The van der Waals surface area contributed by atoms with Crippen molar-refractivity contribution in [1.82, 2.24) is 9.78 Å². The minimum atomic E-state index is -0.176. The second kappa shape index (κ2) is 9.74. The van der Waals surface area contributed by atoms with E-state index >= 15 is 0 Å². The van der Waals surface area contributed by atoms with Gasteiger partial charge in [-0.1, -0.05) is 24.3 Å². The zero-order chi connectivity index (χ0) is 22.5. The summed E-state index contributed by atoms with van der Waals surface area (Å²) in [5, 5.41) is 7.68. The lowest BCUT2D eigenvalue weighted by Crippen LogP contribution is -2.36. The molecule has 4 rings (SSSR count). The predicted octanol–water partition coefficient (Wildman–Crippen LogP) is 3.35. The third kappa shape index (κ3) is 4.70. The largest absolute Gasteiger partial charge is 0.493 e. The first-order valence-corrected chi connectivity index (χ1v) is 10.6. The highest BCUT2D eigenvalue weighted by molar-refractivity contribution is 5.91. The SMILES string of the molecule is COc1ccc(NC(=O)Cn2cc(-c3ccccc3C)c(N3CCOCC3)n2)cc1OC.